The summed E-state index contributed by atoms with van der Waals surface area (Å²) in [6.07, 6.45) is 2.64. The second-order valence-electron chi connectivity index (χ2n) is 3.21. The molecule has 3 nitrogen and oxygen atoms in total. The third-order valence-corrected chi connectivity index (χ3v) is 2.12. The van der Waals surface area contributed by atoms with E-state index < -0.39 is 4.92 Å². The zero-order valence-corrected chi connectivity index (χ0v) is 10.0. The smallest absolute Gasteiger partial charge is 0.258 e. The quantitative estimate of drug-likeness (QED) is 0.559. The van der Waals surface area contributed by atoms with Crippen molar-refractivity contribution in [3.8, 4) is 0 Å². The monoisotopic (exact) mass is 229 g/mol. The maximum absolute atomic E-state index is 10.3. The van der Waals surface area contributed by atoms with Crippen molar-refractivity contribution in [3.63, 3.8) is 0 Å². The third kappa shape index (κ3) is 5.37. The molecule has 0 N–H and O–H groups in total. The van der Waals surface area contributed by atoms with E-state index in [0.29, 0.717) is 0 Å². The van der Waals surface area contributed by atoms with Gasteiger partial charge in [0.2, 0.25) is 0 Å². The van der Waals surface area contributed by atoms with Gasteiger partial charge in [0.15, 0.2) is 0 Å². The highest BCUT2D eigenvalue weighted by Gasteiger charge is 2.10. The van der Waals surface area contributed by atoms with Crippen molar-refractivity contribution in [2.75, 3.05) is 0 Å². The van der Waals surface area contributed by atoms with Crippen LogP contribution in [0.3, 0.4) is 0 Å². The number of benzene rings is 1. The zero-order valence-electron chi connectivity index (χ0n) is 9.29. The van der Waals surface area contributed by atoms with Crippen molar-refractivity contribution in [2.24, 2.45) is 0 Å². The number of nitrogens with zero attached hydrogens (tertiary/aromatic N) is 1. The average Bonchev–Trinajstić information content (AvgIpc) is 2.22. The molecule has 1 aromatic rings. The van der Waals surface area contributed by atoms with E-state index in [0.717, 1.165) is 5.56 Å². The van der Waals surface area contributed by atoms with Crippen LogP contribution >= 0.6 is 11.6 Å². The summed E-state index contributed by atoms with van der Waals surface area (Å²) in [5, 5.41) is 10.5. The fourth-order valence-corrected chi connectivity index (χ4v) is 0.949. The average molecular weight is 230 g/mol. The Morgan fingerprint density at radius 3 is 2.20 bits per heavy atom. The minimum atomic E-state index is -0.491. The van der Waals surface area contributed by atoms with Crippen molar-refractivity contribution in [2.45, 2.75) is 33.6 Å². The Balaban J connectivity index is 0.000000423. The van der Waals surface area contributed by atoms with Crippen LogP contribution in [-0.2, 0) is 0 Å². The van der Waals surface area contributed by atoms with Crippen molar-refractivity contribution >= 4 is 17.3 Å². The zero-order chi connectivity index (χ0) is 11.8. The molecule has 0 heterocycles. The van der Waals surface area contributed by atoms with E-state index in [2.05, 4.69) is 13.8 Å². The molecule has 0 amide bonds. The van der Waals surface area contributed by atoms with E-state index in [-0.39, 0.29) is 10.7 Å². The molecule has 0 spiro atoms. The Kier molecular flexibility index (Phi) is 6.71. The summed E-state index contributed by atoms with van der Waals surface area (Å²) in [7, 11) is 0. The van der Waals surface area contributed by atoms with Gasteiger partial charge in [0, 0.05) is 6.07 Å². The Morgan fingerprint density at radius 2 is 1.87 bits per heavy atom. The van der Waals surface area contributed by atoms with Crippen LogP contribution in [-0.4, -0.2) is 4.92 Å². The molecular formula is C11H16ClNO2. The van der Waals surface area contributed by atoms with Gasteiger partial charge in [0.25, 0.3) is 5.69 Å². The summed E-state index contributed by atoms with van der Waals surface area (Å²) in [6, 6.07) is 4.70. The lowest BCUT2D eigenvalue weighted by atomic mass is 10.2. The second-order valence-corrected chi connectivity index (χ2v) is 3.62. The summed E-state index contributed by atoms with van der Waals surface area (Å²) < 4.78 is 0. The molecule has 0 atom stereocenters. The van der Waals surface area contributed by atoms with Gasteiger partial charge < -0.3 is 0 Å². The summed E-state index contributed by atoms with van der Waals surface area (Å²) >= 11 is 5.55. The summed E-state index contributed by atoms with van der Waals surface area (Å²) in [4.78, 5) is 9.80. The van der Waals surface area contributed by atoms with Gasteiger partial charge in [-0.2, -0.15) is 0 Å². The number of nitro groups is 1. The maximum Gasteiger partial charge on any atom is 0.288 e. The number of nitro benzene ring substituents is 1. The Labute approximate surface area is 95.2 Å². The molecule has 0 fully saturated rings. The topological polar surface area (TPSA) is 43.1 Å². The lowest BCUT2D eigenvalue weighted by Gasteiger charge is -1.94. The summed E-state index contributed by atoms with van der Waals surface area (Å²) in [6.45, 7) is 6.14. The SMILES string of the molecule is CCCC.Cc1ccc(Cl)c([N+](=O)[O-])c1. The molecule has 0 aromatic heterocycles. The fraction of sp³-hybridized carbons (Fsp3) is 0.455. The van der Waals surface area contributed by atoms with Gasteiger partial charge in [-0.15, -0.1) is 0 Å². The predicted octanol–water partition coefficient (Wildman–Crippen LogP) is 4.36. The van der Waals surface area contributed by atoms with Crippen molar-refractivity contribution in [1.82, 2.24) is 0 Å². The Morgan fingerprint density at radius 1 is 1.33 bits per heavy atom. The van der Waals surface area contributed by atoms with Gasteiger partial charge in [0.1, 0.15) is 5.02 Å². The van der Waals surface area contributed by atoms with Gasteiger partial charge in [-0.1, -0.05) is 44.4 Å². The highest BCUT2D eigenvalue weighted by Crippen LogP contribution is 2.24. The number of rotatable bonds is 2. The number of halogens is 1. The molecule has 0 aliphatic heterocycles. The third-order valence-electron chi connectivity index (χ3n) is 1.80. The lowest BCUT2D eigenvalue weighted by Crippen LogP contribution is -1.89. The first-order valence-electron chi connectivity index (χ1n) is 4.93. The molecular weight excluding hydrogens is 214 g/mol. The van der Waals surface area contributed by atoms with E-state index in [9.17, 15) is 10.1 Å². The van der Waals surface area contributed by atoms with E-state index in [4.69, 9.17) is 11.6 Å². The molecule has 1 aromatic carbocycles. The highest BCUT2D eigenvalue weighted by molar-refractivity contribution is 6.32. The first-order chi connectivity index (χ1) is 7.02. The highest BCUT2D eigenvalue weighted by atomic mass is 35.5. The molecule has 0 radical (unpaired) electrons. The van der Waals surface area contributed by atoms with E-state index in [1.807, 2.05) is 0 Å². The van der Waals surface area contributed by atoms with E-state index in [1.165, 1.54) is 25.0 Å². The van der Waals surface area contributed by atoms with Crippen molar-refractivity contribution in [3.05, 3.63) is 38.9 Å². The minimum absolute atomic E-state index is 0.0355. The maximum atomic E-state index is 10.3. The predicted molar refractivity (Wildman–Crippen MR) is 63.4 cm³/mol. The normalized spacial score (nSPS) is 9.07. The summed E-state index contributed by atoms with van der Waals surface area (Å²) in [5.74, 6) is 0. The molecule has 0 unspecified atom stereocenters. The molecule has 4 heteroatoms. The van der Waals surface area contributed by atoms with Crippen LogP contribution in [0, 0.1) is 17.0 Å². The fourth-order valence-electron chi connectivity index (χ4n) is 0.763. The molecule has 84 valence electrons. The first-order valence-corrected chi connectivity index (χ1v) is 5.31. The van der Waals surface area contributed by atoms with Crippen LogP contribution in [0.1, 0.15) is 32.3 Å². The minimum Gasteiger partial charge on any atom is -0.258 e. The van der Waals surface area contributed by atoms with Gasteiger partial charge in [-0.3, -0.25) is 10.1 Å². The van der Waals surface area contributed by atoms with Crippen LogP contribution in [0.2, 0.25) is 5.02 Å². The molecule has 0 saturated heterocycles. The van der Waals surface area contributed by atoms with Crippen LogP contribution in [0.4, 0.5) is 5.69 Å². The molecule has 0 bridgehead atoms. The van der Waals surface area contributed by atoms with Crippen LogP contribution in [0.25, 0.3) is 0 Å². The van der Waals surface area contributed by atoms with E-state index in [1.54, 1.807) is 13.0 Å². The number of hydrogen-bond donors (Lipinski definition) is 0. The van der Waals surface area contributed by atoms with Gasteiger partial charge in [-0.05, 0) is 18.6 Å². The molecule has 0 saturated carbocycles. The molecule has 15 heavy (non-hydrogen) atoms. The molecule has 1 rings (SSSR count). The Bertz CT molecular complexity index is 324. The van der Waals surface area contributed by atoms with Crippen LogP contribution < -0.4 is 0 Å². The largest absolute Gasteiger partial charge is 0.288 e. The Hall–Kier alpha value is -1.09. The van der Waals surface area contributed by atoms with Gasteiger partial charge >= 0.3 is 0 Å². The van der Waals surface area contributed by atoms with Crippen molar-refractivity contribution in [1.29, 1.82) is 0 Å². The van der Waals surface area contributed by atoms with Crippen LogP contribution in [0.5, 0.6) is 0 Å². The van der Waals surface area contributed by atoms with Crippen LogP contribution in [0.15, 0.2) is 18.2 Å². The van der Waals surface area contributed by atoms with Gasteiger partial charge in [-0.25, -0.2) is 0 Å². The van der Waals surface area contributed by atoms with Crippen molar-refractivity contribution < 1.29 is 4.92 Å². The molecule has 0 aliphatic rings. The number of unbranched alkanes of at least 4 members (excludes halogenated alkanes) is 1. The van der Waals surface area contributed by atoms with Gasteiger partial charge in [0.05, 0.1) is 4.92 Å². The lowest BCUT2D eigenvalue weighted by molar-refractivity contribution is -0.384. The van der Waals surface area contributed by atoms with E-state index >= 15 is 0 Å². The number of aryl methyl sites for hydroxylation is 1. The second kappa shape index (κ2) is 7.23. The number of hydrogen-bond acceptors (Lipinski definition) is 2. The molecule has 0 aliphatic carbocycles. The first kappa shape index (κ1) is 13.9. The summed E-state index contributed by atoms with van der Waals surface area (Å²) in [5.41, 5.74) is 0.799. The standard InChI is InChI=1S/C7H6ClNO2.C4H10/c1-5-2-3-6(8)7(4-5)9(10)11;1-3-4-2/h2-4H,1H3;3-4H2,1-2H3.